The molecule has 0 bridgehead atoms. The van der Waals surface area contributed by atoms with Gasteiger partial charge in [-0.3, -0.25) is 4.84 Å². The highest BCUT2D eigenvalue weighted by Crippen LogP contribution is 2.45. The second-order valence-corrected chi connectivity index (χ2v) is 9.77. The van der Waals surface area contributed by atoms with Crippen molar-refractivity contribution < 1.29 is 14.3 Å². The van der Waals surface area contributed by atoms with E-state index >= 15 is 0 Å². The van der Waals surface area contributed by atoms with E-state index in [4.69, 9.17) is 14.3 Å². The van der Waals surface area contributed by atoms with Gasteiger partial charge >= 0.3 is 0 Å². The third-order valence-electron chi connectivity index (χ3n) is 7.33. The van der Waals surface area contributed by atoms with E-state index in [-0.39, 0.29) is 18.9 Å². The summed E-state index contributed by atoms with van der Waals surface area (Å²) in [5.74, 6) is 1.63. The maximum absolute atomic E-state index is 6.75. The lowest BCUT2D eigenvalue weighted by molar-refractivity contribution is 0.0839. The average Bonchev–Trinajstić information content (AvgIpc) is 3.54. The molecule has 2 aliphatic rings. The number of fused-ring (bicyclic) bond motifs is 3. The van der Waals surface area contributed by atoms with Crippen LogP contribution in [-0.2, 0) is 11.3 Å². The minimum atomic E-state index is 0.0358. The van der Waals surface area contributed by atoms with Gasteiger partial charge in [-0.05, 0) is 75.5 Å². The van der Waals surface area contributed by atoms with Gasteiger partial charge in [0.2, 0.25) is 6.79 Å². The molecule has 2 atom stereocenters. The summed E-state index contributed by atoms with van der Waals surface area (Å²) in [6.07, 6.45) is 1.73. The van der Waals surface area contributed by atoms with Gasteiger partial charge < -0.3 is 9.47 Å². The van der Waals surface area contributed by atoms with Crippen LogP contribution in [0.3, 0.4) is 0 Å². The lowest BCUT2D eigenvalue weighted by Crippen LogP contribution is -2.23. The van der Waals surface area contributed by atoms with Crippen LogP contribution < -0.4 is 14.5 Å². The van der Waals surface area contributed by atoms with E-state index in [9.17, 15) is 0 Å². The van der Waals surface area contributed by atoms with Crippen LogP contribution in [0.25, 0.3) is 21.5 Å². The van der Waals surface area contributed by atoms with E-state index in [1.165, 1.54) is 38.2 Å². The Hall–Kier alpha value is -4.02. The molecule has 0 radical (unpaired) electrons. The number of nitrogens with zero attached hydrogens (tertiary/aromatic N) is 1. The molecule has 5 aromatic carbocycles. The van der Waals surface area contributed by atoms with Crippen molar-refractivity contribution in [1.29, 1.82) is 0 Å². The quantitative estimate of drug-likeness (QED) is 0.253. The largest absolute Gasteiger partial charge is 0.454 e. The van der Waals surface area contributed by atoms with Crippen LogP contribution in [0.15, 0.2) is 97.1 Å². The van der Waals surface area contributed by atoms with Gasteiger partial charge in [-0.1, -0.05) is 66.7 Å². The number of rotatable bonds is 4. The summed E-state index contributed by atoms with van der Waals surface area (Å²) in [4.78, 5) is 6.75. The van der Waals surface area contributed by atoms with E-state index in [0.717, 1.165) is 30.0 Å². The molecule has 0 aromatic heterocycles. The second kappa shape index (κ2) is 8.58. The Balaban J connectivity index is 1.34. The molecule has 0 aliphatic carbocycles. The van der Waals surface area contributed by atoms with Crippen LogP contribution in [0.2, 0.25) is 0 Å². The first kappa shape index (κ1) is 21.3. The van der Waals surface area contributed by atoms with Crippen LogP contribution in [-0.4, -0.2) is 12.9 Å². The van der Waals surface area contributed by atoms with Crippen LogP contribution in [0, 0.1) is 6.92 Å². The number of hydrogen-bond acceptors (Lipinski definition) is 4. The third-order valence-corrected chi connectivity index (χ3v) is 7.33. The summed E-state index contributed by atoms with van der Waals surface area (Å²) in [6.45, 7) is 2.42. The molecule has 178 valence electrons. The highest BCUT2D eigenvalue weighted by atomic mass is 16.7. The van der Waals surface area contributed by atoms with E-state index < -0.39 is 0 Å². The van der Waals surface area contributed by atoms with Gasteiger partial charge in [0, 0.05) is 12.8 Å². The van der Waals surface area contributed by atoms with Crippen molar-refractivity contribution in [3.05, 3.63) is 114 Å². The maximum atomic E-state index is 6.75. The molecule has 36 heavy (non-hydrogen) atoms. The fourth-order valence-electron chi connectivity index (χ4n) is 5.72. The molecule has 0 saturated carbocycles. The normalized spacial score (nSPS) is 18.9. The van der Waals surface area contributed by atoms with E-state index in [1.807, 2.05) is 6.07 Å². The molecule has 1 saturated heterocycles. The van der Waals surface area contributed by atoms with Crippen LogP contribution in [0.4, 0.5) is 5.69 Å². The number of hydrogen-bond donors (Lipinski definition) is 0. The minimum Gasteiger partial charge on any atom is -0.454 e. The molecule has 4 heteroatoms. The van der Waals surface area contributed by atoms with Gasteiger partial charge in [0.1, 0.15) is 0 Å². The van der Waals surface area contributed by atoms with Crippen molar-refractivity contribution in [2.45, 2.75) is 31.9 Å². The van der Waals surface area contributed by atoms with Gasteiger partial charge in [-0.25, -0.2) is 5.06 Å². The van der Waals surface area contributed by atoms with Gasteiger partial charge in [-0.2, -0.15) is 0 Å². The third kappa shape index (κ3) is 3.66. The predicted octanol–water partition coefficient (Wildman–Crippen LogP) is 7.52. The summed E-state index contributed by atoms with van der Waals surface area (Å²) in [6, 6.07) is 34.6. The Kier molecular flexibility index (Phi) is 5.07. The standard InChI is InChI=1S/C32H27NO3/c1-21-7-6-10-25(15-21)33-29(19-26(36-33)16-22-13-14-30-31(17-22)35-20-34-30)32-27-11-4-2-8-23(27)18-24-9-3-5-12-28(24)32/h2-15,17-18,26,29H,16,19-20H2,1H3. The molecule has 0 N–H and O–H groups in total. The lowest BCUT2D eigenvalue weighted by atomic mass is 9.89. The van der Waals surface area contributed by atoms with Crippen molar-refractivity contribution in [1.82, 2.24) is 0 Å². The van der Waals surface area contributed by atoms with E-state index in [2.05, 4.69) is 103 Å². The molecule has 1 fully saturated rings. The first-order valence-corrected chi connectivity index (χ1v) is 12.5. The first-order chi connectivity index (χ1) is 17.7. The zero-order valence-corrected chi connectivity index (χ0v) is 20.2. The smallest absolute Gasteiger partial charge is 0.231 e. The number of anilines is 1. The maximum Gasteiger partial charge on any atom is 0.231 e. The molecule has 0 amide bonds. The predicted molar refractivity (Wildman–Crippen MR) is 144 cm³/mol. The highest BCUT2D eigenvalue weighted by Gasteiger charge is 2.37. The lowest BCUT2D eigenvalue weighted by Gasteiger charge is -2.27. The molecule has 7 rings (SSSR count). The average molecular weight is 474 g/mol. The van der Waals surface area contributed by atoms with Gasteiger partial charge in [0.15, 0.2) is 11.5 Å². The molecule has 2 heterocycles. The molecule has 0 spiro atoms. The molecule has 4 nitrogen and oxygen atoms in total. The van der Waals surface area contributed by atoms with Crippen molar-refractivity contribution in [2.24, 2.45) is 0 Å². The Labute approximate surface area is 210 Å². The SMILES string of the molecule is Cc1cccc(N2OC(Cc3ccc4c(c3)OCO4)CC2c2c3ccccc3cc3ccccc23)c1. The number of hydroxylamine groups is 1. The minimum absolute atomic E-state index is 0.0358. The fraction of sp³-hybridized carbons (Fsp3) is 0.188. The van der Waals surface area contributed by atoms with E-state index in [1.54, 1.807) is 0 Å². The monoisotopic (exact) mass is 473 g/mol. The van der Waals surface area contributed by atoms with Crippen molar-refractivity contribution >= 4 is 27.2 Å². The number of ether oxygens (including phenoxy) is 2. The fourth-order valence-corrected chi connectivity index (χ4v) is 5.72. The number of benzene rings is 5. The van der Waals surface area contributed by atoms with Crippen LogP contribution >= 0.6 is 0 Å². The molecule has 2 aliphatic heterocycles. The van der Waals surface area contributed by atoms with Crippen molar-refractivity contribution in [3.8, 4) is 11.5 Å². The Bertz CT molecular complexity index is 1540. The van der Waals surface area contributed by atoms with Gasteiger partial charge in [0.25, 0.3) is 0 Å². The highest BCUT2D eigenvalue weighted by molar-refractivity contribution is 6.03. The first-order valence-electron chi connectivity index (χ1n) is 12.5. The molecule has 5 aromatic rings. The van der Waals surface area contributed by atoms with E-state index in [0.29, 0.717) is 0 Å². The zero-order chi connectivity index (χ0) is 24.1. The van der Waals surface area contributed by atoms with Crippen LogP contribution in [0.1, 0.15) is 29.2 Å². The molecule has 2 unspecified atom stereocenters. The Morgan fingerprint density at radius 1 is 0.750 bits per heavy atom. The molecular formula is C32H27NO3. The summed E-state index contributed by atoms with van der Waals surface area (Å²) in [5.41, 5.74) is 4.83. The zero-order valence-electron chi connectivity index (χ0n) is 20.2. The topological polar surface area (TPSA) is 30.9 Å². The van der Waals surface area contributed by atoms with Crippen LogP contribution in [0.5, 0.6) is 11.5 Å². The van der Waals surface area contributed by atoms with Crippen molar-refractivity contribution in [3.63, 3.8) is 0 Å². The Morgan fingerprint density at radius 3 is 2.28 bits per heavy atom. The second-order valence-electron chi connectivity index (χ2n) is 9.77. The summed E-state index contributed by atoms with van der Waals surface area (Å²) in [7, 11) is 0. The number of aryl methyl sites for hydroxylation is 1. The van der Waals surface area contributed by atoms with Crippen molar-refractivity contribution in [2.75, 3.05) is 11.9 Å². The molecular weight excluding hydrogens is 446 g/mol. The van der Waals surface area contributed by atoms with Gasteiger partial charge in [0.05, 0.1) is 17.8 Å². The Morgan fingerprint density at radius 2 is 1.50 bits per heavy atom. The summed E-state index contributed by atoms with van der Waals surface area (Å²) >= 11 is 0. The van der Waals surface area contributed by atoms with Gasteiger partial charge in [-0.15, -0.1) is 0 Å². The summed E-state index contributed by atoms with van der Waals surface area (Å²) in [5, 5.41) is 7.24. The summed E-state index contributed by atoms with van der Waals surface area (Å²) < 4.78 is 11.1.